The zero-order valence-electron chi connectivity index (χ0n) is 9.88. The topological polar surface area (TPSA) is 38.3 Å². The molecule has 1 aromatic carbocycles. The molecule has 0 fully saturated rings. The molecule has 1 aromatic rings. The zero-order chi connectivity index (χ0) is 13.5. The average Bonchev–Trinajstić information content (AvgIpc) is 2.33. The Morgan fingerprint density at radius 3 is 2.89 bits per heavy atom. The summed E-state index contributed by atoms with van der Waals surface area (Å²) in [5.74, 6) is -0.124. The average molecular weight is 400 g/mol. The lowest BCUT2D eigenvalue weighted by Gasteiger charge is -2.09. The van der Waals surface area contributed by atoms with E-state index in [0.717, 1.165) is 10.9 Å². The van der Waals surface area contributed by atoms with Crippen LogP contribution in [-0.4, -0.2) is 31.0 Å². The first-order chi connectivity index (χ1) is 8.54. The van der Waals surface area contributed by atoms with E-state index in [0.29, 0.717) is 23.7 Å². The molecule has 0 radical (unpaired) electrons. The summed E-state index contributed by atoms with van der Waals surface area (Å²) >= 11 is 12.7. The number of hydrogen-bond donors (Lipinski definition) is 1. The molecular weight excluding hydrogens is 385 g/mol. The third kappa shape index (κ3) is 5.26. The van der Waals surface area contributed by atoms with Gasteiger partial charge in [-0.1, -0.05) is 27.5 Å². The number of nitrogens with one attached hydrogen (secondary N) is 1. The molecule has 0 bridgehead atoms. The van der Waals surface area contributed by atoms with Crippen LogP contribution in [0.25, 0.3) is 0 Å². The van der Waals surface area contributed by atoms with E-state index in [4.69, 9.17) is 16.3 Å². The van der Waals surface area contributed by atoms with E-state index < -0.39 is 0 Å². The molecule has 100 valence electrons. The number of methoxy groups -OCH3 is 1. The number of amides is 1. The van der Waals surface area contributed by atoms with E-state index in [1.807, 2.05) is 0 Å². The van der Waals surface area contributed by atoms with E-state index in [9.17, 15) is 4.79 Å². The maximum absolute atomic E-state index is 11.8. The molecular formula is C12H14Br2ClNO2. The van der Waals surface area contributed by atoms with Crippen LogP contribution < -0.4 is 5.32 Å². The molecule has 1 rings (SSSR count). The second kappa shape index (κ2) is 8.15. The van der Waals surface area contributed by atoms with E-state index in [1.54, 1.807) is 25.3 Å². The summed E-state index contributed by atoms with van der Waals surface area (Å²) in [6.07, 6.45) is 0.809. The predicted molar refractivity (Wildman–Crippen MR) is 80.7 cm³/mol. The van der Waals surface area contributed by atoms with E-state index in [2.05, 4.69) is 37.2 Å². The monoisotopic (exact) mass is 397 g/mol. The van der Waals surface area contributed by atoms with Crippen LogP contribution >= 0.6 is 43.5 Å². The molecule has 0 spiro atoms. The van der Waals surface area contributed by atoms with Gasteiger partial charge < -0.3 is 10.1 Å². The molecule has 0 saturated carbocycles. The number of carbonyl (C=O) groups excluding carboxylic acids is 1. The number of rotatable bonds is 6. The molecule has 1 atom stereocenters. The van der Waals surface area contributed by atoms with Gasteiger partial charge in [-0.2, -0.15) is 0 Å². The summed E-state index contributed by atoms with van der Waals surface area (Å²) in [6.45, 7) is 1.21. The first kappa shape index (κ1) is 16.0. The van der Waals surface area contributed by atoms with Crippen molar-refractivity contribution in [1.29, 1.82) is 0 Å². The lowest BCUT2D eigenvalue weighted by molar-refractivity contribution is 0.0952. The van der Waals surface area contributed by atoms with Gasteiger partial charge in [0.25, 0.3) is 5.91 Å². The van der Waals surface area contributed by atoms with Gasteiger partial charge in [-0.25, -0.2) is 0 Å². The van der Waals surface area contributed by atoms with Crippen LogP contribution in [0, 0.1) is 0 Å². The Bertz CT molecular complexity index is 415. The third-order valence-corrected chi connectivity index (χ3v) is 4.23. The smallest absolute Gasteiger partial charge is 0.251 e. The molecule has 0 aromatic heterocycles. The minimum atomic E-state index is -0.124. The Morgan fingerprint density at radius 2 is 2.28 bits per heavy atom. The lowest BCUT2D eigenvalue weighted by Crippen LogP contribution is -2.26. The van der Waals surface area contributed by atoms with Gasteiger partial charge in [0.15, 0.2) is 0 Å². The summed E-state index contributed by atoms with van der Waals surface area (Å²) < 4.78 is 5.77. The van der Waals surface area contributed by atoms with Crippen molar-refractivity contribution in [2.75, 3.05) is 20.3 Å². The van der Waals surface area contributed by atoms with Crippen molar-refractivity contribution >= 4 is 49.4 Å². The summed E-state index contributed by atoms with van der Waals surface area (Å²) in [6, 6.07) is 5.13. The maximum atomic E-state index is 11.8. The Kier molecular flexibility index (Phi) is 7.22. The molecule has 1 N–H and O–H groups in total. The lowest BCUT2D eigenvalue weighted by atomic mass is 10.2. The van der Waals surface area contributed by atoms with E-state index >= 15 is 0 Å². The molecule has 6 heteroatoms. The second-order valence-corrected chi connectivity index (χ2v) is 6.28. The largest absolute Gasteiger partial charge is 0.384 e. The van der Waals surface area contributed by atoms with Gasteiger partial charge in [-0.05, 0) is 40.5 Å². The standard InChI is InChI=1S/C12H14Br2ClNO2/c1-18-7-9(13)4-5-16-12(17)8-2-3-10(14)11(15)6-8/h2-3,6,9H,4-5,7H2,1H3,(H,16,17). The minimum Gasteiger partial charge on any atom is -0.384 e. The minimum absolute atomic E-state index is 0.124. The van der Waals surface area contributed by atoms with Crippen molar-refractivity contribution in [3.63, 3.8) is 0 Å². The highest BCUT2D eigenvalue weighted by Gasteiger charge is 2.08. The summed E-state index contributed by atoms with van der Waals surface area (Å²) in [7, 11) is 1.65. The number of alkyl halides is 1. The first-order valence-corrected chi connectivity index (χ1v) is 7.49. The van der Waals surface area contributed by atoms with Gasteiger partial charge in [0.05, 0.1) is 11.6 Å². The fraction of sp³-hybridized carbons (Fsp3) is 0.417. The number of hydrogen-bond acceptors (Lipinski definition) is 2. The third-order valence-electron chi connectivity index (χ3n) is 2.27. The zero-order valence-corrected chi connectivity index (χ0v) is 13.8. The Morgan fingerprint density at radius 1 is 1.56 bits per heavy atom. The number of halogens is 3. The molecule has 1 amide bonds. The van der Waals surface area contributed by atoms with E-state index in [1.165, 1.54) is 0 Å². The van der Waals surface area contributed by atoms with Crippen LogP contribution in [0.1, 0.15) is 16.8 Å². The fourth-order valence-corrected chi connectivity index (χ4v) is 2.27. The quantitative estimate of drug-likeness (QED) is 0.742. The second-order valence-electron chi connectivity index (χ2n) is 3.73. The number of carbonyl (C=O) groups is 1. The highest BCUT2D eigenvalue weighted by atomic mass is 79.9. The molecule has 18 heavy (non-hydrogen) atoms. The molecule has 0 aliphatic rings. The molecule has 3 nitrogen and oxygen atoms in total. The van der Waals surface area contributed by atoms with Gasteiger partial charge in [0.2, 0.25) is 0 Å². The van der Waals surface area contributed by atoms with Crippen molar-refractivity contribution in [3.05, 3.63) is 33.3 Å². The Labute approximate surface area is 128 Å². The van der Waals surface area contributed by atoms with Crippen LogP contribution in [0.5, 0.6) is 0 Å². The van der Waals surface area contributed by atoms with Crippen molar-refractivity contribution in [1.82, 2.24) is 5.32 Å². The Hall–Kier alpha value is -0.100. The molecule has 0 saturated heterocycles. The number of ether oxygens (including phenoxy) is 1. The Balaban J connectivity index is 2.43. The summed E-state index contributed by atoms with van der Waals surface area (Å²) in [4.78, 5) is 12.1. The normalized spacial score (nSPS) is 12.2. The van der Waals surface area contributed by atoms with Crippen molar-refractivity contribution in [2.24, 2.45) is 0 Å². The van der Waals surface area contributed by atoms with Crippen molar-refractivity contribution < 1.29 is 9.53 Å². The van der Waals surface area contributed by atoms with Gasteiger partial charge in [-0.3, -0.25) is 4.79 Å². The van der Waals surface area contributed by atoms with Crippen LogP contribution in [0.4, 0.5) is 0 Å². The van der Waals surface area contributed by atoms with Gasteiger partial charge in [0.1, 0.15) is 0 Å². The number of benzene rings is 1. The molecule has 0 aliphatic carbocycles. The fourth-order valence-electron chi connectivity index (χ4n) is 1.35. The summed E-state index contributed by atoms with van der Waals surface area (Å²) in [5, 5.41) is 3.36. The van der Waals surface area contributed by atoms with Crippen LogP contribution in [0.2, 0.25) is 5.02 Å². The molecule has 0 heterocycles. The van der Waals surface area contributed by atoms with Gasteiger partial charge >= 0.3 is 0 Å². The van der Waals surface area contributed by atoms with Crippen LogP contribution in [0.15, 0.2) is 22.7 Å². The van der Waals surface area contributed by atoms with E-state index in [-0.39, 0.29) is 10.7 Å². The van der Waals surface area contributed by atoms with Crippen LogP contribution in [-0.2, 0) is 4.74 Å². The summed E-state index contributed by atoms with van der Waals surface area (Å²) in [5.41, 5.74) is 0.557. The predicted octanol–water partition coefficient (Wildman–Crippen LogP) is 3.63. The van der Waals surface area contributed by atoms with Crippen LogP contribution in [0.3, 0.4) is 0 Å². The van der Waals surface area contributed by atoms with Crippen molar-refractivity contribution in [3.8, 4) is 0 Å². The SMILES string of the molecule is COCC(Br)CCNC(=O)c1ccc(Br)c(Cl)c1. The van der Waals surface area contributed by atoms with Crippen molar-refractivity contribution in [2.45, 2.75) is 11.2 Å². The highest BCUT2D eigenvalue weighted by molar-refractivity contribution is 9.10. The first-order valence-electron chi connectivity index (χ1n) is 5.41. The maximum Gasteiger partial charge on any atom is 0.251 e. The molecule has 0 aliphatic heterocycles. The highest BCUT2D eigenvalue weighted by Crippen LogP contribution is 2.23. The molecule has 1 unspecified atom stereocenters. The van der Waals surface area contributed by atoms with Gasteiger partial charge in [0, 0.05) is 28.5 Å². The van der Waals surface area contributed by atoms with Gasteiger partial charge in [-0.15, -0.1) is 0 Å².